The van der Waals surface area contributed by atoms with Crippen molar-refractivity contribution in [1.29, 1.82) is 0 Å². The highest BCUT2D eigenvalue weighted by Gasteiger charge is 2.07. The van der Waals surface area contributed by atoms with Gasteiger partial charge in [-0.05, 0) is 54.0 Å². The summed E-state index contributed by atoms with van der Waals surface area (Å²) in [4.78, 5) is 11.0. The molecular formula is C25H32O4. The van der Waals surface area contributed by atoms with Crippen LogP contribution in [0.15, 0.2) is 61.2 Å². The van der Waals surface area contributed by atoms with Gasteiger partial charge in [-0.1, -0.05) is 63.2 Å². The van der Waals surface area contributed by atoms with E-state index in [1.54, 1.807) is 0 Å². The monoisotopic (exact) mass is 396 g/mol. The summed E-state index contributed by atoms with van der Waals surface area (Å²) in [6, 6.07) is 16.8. The molecular weight excluding hydrogens is 364 g/mol. The molecule has 0 fully saturated rings. The normalized spacial score (nSPS) is 12.8. The predicted octanol–water partition coefficient (Wildman–Crippen LogP) is 5.19. The molecule has 0 aliphatic rings. The fourth-order valence-corrected chi connectivity index (χ4v) is 2.95. The first-order valence-corrected chi connectivity index (χ1v) is 10.3. The van der Waals surface area contributed by atoms with Gasteiger partial charge in [0.15, 0.2) is 0 Å². The molecule has 156 valence electrons. The molecule has 2 aromatic rings. The maximum absolute atomic E-state index is 11.0. The Hall–Kier alpha value is -2.59. The average molecular weight is 397 g/mol. The van der Waals surface area contributed by atoms with Crippen LogP contribution in [0.4, 0.5) is 0 Å². The second kappa shape index (κ2) is 12.1. The molecule has 0 heterocycles. The Bertz CT molecular complexity index is 749. The maximum atomic E-state index is 11.0. The zero-order valence-corrected chi connectivity index (χ0v) is 17.5. The van der Waals surface area contributed by atoms with Gasteiger partial charge in [-0.15, -0.1) is 0 Å². The number of hydrogen-bond donors (Lipinski definition) is 1. The van der Waals surface area contributed by atoms with Gasteiger partial charge in [0.2, 0.25) is 0 Å². The van der Waals surface area contributed by atoms with Crippen molar-refractivity contribution >= 4 is 5.97 Å². The summed E-state index contributed by atoms with van der Waals surface area (Å²) in [6.07, 6.45) is 3.89. The molecule has 0 spiro atoms. The van der Waals surface area contributed by atoms with Crippen LogP contribution in [0, 0.1) is 5.92 Å². The quantitative estimate of drug-likeness (QED) is 0.305. The van der Waals surface area contributed by atoms with Gasteiger partial charge < -0.3 is 14.6 Å². The molecule has 4 nitrogen and oxygen atoms in total. The number of aliphatic hydroxyl groups excluding tert-OH is 1. The Morgan fingerprint density at radius 3 is 2.31 bits per heavy atom. The van der Waals surface area contributed by atoms with Crippen molar-refractivity contribution in [2.45, 2.75) is 45.6 Å². The van der Waals surface area contributed by atoms with Crippen LogP contribution in [0.2, 0.25) is 0 Å². The highest BCUT2D eigenvalue weighted by Crippen LogP contribution is 2.24. The molecule has 0 bridgehead atoms. The highest BCUT2D eigenvalue weighted by molar-refractivity contribution is 5.81. The lowest BCUT2D eigenvalue weighted by Crippen LogP contribution is -2.18. The van der Waals surface area contributed by atoms with Crippen LogP contribution in [0.25, 0.3) is 11.1 Å². The number of benzene rings is 2. The van der Waals surface area contributed by atoms with Crippen molar-refractivity contribution < 1.29 is 19.4 Å². The van der Waals surface area contributed by atoms with Gasteiger partial charge in [-0.3, -0.25) is 0 Å². The van der Waals surface area contributed by atoms with Crippen molar-refractivity contribution in [2.75, 3.05) is 13.2 Å². The molecule has 29 heavy (non-hydrogen) atoms. The van der Waals surface area contributed by atoms with Crippen LogP contribution in [-0.2, 0) is 16.0 Å². The number of hydrogen-bond acceptors (Lipinski definition) is 4. The molecule has 4 heteroatoms. The van der Waals surface area contributed by atoms with Crippen LogP contribution in [-0.4, -0.2) is 30.4 Å². The molecule has 0 radical (unpaired) electrons. The molecule has 0 saturated heterocycles. The minimum absolute atomic E-state index is 0.0182. The van der Waals surface area contributed by atoms with Gasteiger partial charge in [0, 0.05) is 6.08 Å². The van der Waals surface area contributed by atoms with E-state index < -0.39 is 12.1 Å². The van der Waals surface area contributed by atoms with Gasteiger partial charge in [-0.25, -0.2) is 4.79 Å². The maximum Gasteiger partial charge on any atom is 0.330 e. The van der Waals surface area contributed by atoms with Gasteiger partial charge in [-0.2, -0.15) is 0 Å². The zero-order valence-electron chi connectivity index (χ0n) is 17.5. The summed E-state index contributed by atoms with van der Waals surface area (Å²) in [5, 5.41) is 9.77. The Labute approximate surface area is 174 Å². The zero-order chi connectivity index (χ0) is 21.1. The van der Waals surface area contributed by atoms with E-state index in [0.29, 0.717) is 25.4 Å². The van der Waals surface area contributed by atoms with E-state index in [1.165, 1.54) is 17.5 Å². The van der Waals surface area contributed by atoms with Gasteiger partial charge in [0.1, 0.15) is 12.4 Å². The molecule has 1 N–H and O–H groups in total. The number of esters is 1. The van der Waals surface area contributed by atoms with Gasteiger partial charge >= 0.3 is 5.97 Å². The van der Waals surface area contributed by atoms with Crippen LogP contribution >= 0.6 is 0 Å². The van der Waals surface area contributed by atoms with Crippen molar-refractivity contribution in [2.24, 2.45) is 5.92 Å². The lowest BCUT2D eigenvalue weighted by molar-refractivity contribution is -0.140. The summed E-state index contributed by atoms with van der Waals surface area (Å²) < 4.78 is 10.5. The van der Waals surface area contributed by atoms with Crippen molar-refractivity contribution in [1.82, 2.24) is 0 Å². The smallest absolute Gasteiger partial charge is 0.330 e. The molecule has 0 aromatic heterocycles. The number of carbonyl (C=O) groups excluding carboxylic acids is 1. The van der Waals surface area contributed by atoms with E-state index in [4.69, 9.17) is 9.47 Å². The first-order chi connectivity index (χ1) is 14.0. The summed E-state index contributed by atoms with van der Waals surface area (Å²) in [6.45, 7) is 8.30. The summed E-state index contributed by atoms with van der Waals surface area (Å²) in [7, 11) is 0. The first kappa shape index (κ1) is 22.7. The van der Waals surface area contributed by atoms with Gasteiger partial charge in [0.05, 0.1) is 12.7 Å². The van der Waals surface area contributed by atoms with Crippen LogP contribution in [0.1, 0.15) is 38.7 Å². The summed E-state index contributed by atoms with van der Waals surface area (Å²) in [5.74, 6) is 0.987. The van der Waals surface area contributed by atoms with Crippen molar-refractivity contribution in [3.8, 4) is 16.9 Å². The number of carbonyl (C=O) groups is 1. The SMILES string of the molecule is C=CC(=O)OCC(O)CCCOc1ccc(-c2ccc(CC(C)CC)cc2)cc1. The largest absolute Gasteiger partial charge is 0.494 e. The minimum Gasteiger partial charge on any atom is -0.494 e. The van der Waals surface area contributed by atoms with Crippen molar-refractivity contribution in [3.05, 3.63) is 66.7 Å². The van der Waals surface area contributed by atoms with Gasteiger partial charge in [0.25, 0.3) is 0 Å². The standard InChI is InChI=1S/C25H32O4/c1-4-19(3)17-20-8-10-21(11-9-20)22-12-14-24(15-13-22)28-16-6-7-23(26)18-29-25(27)5-2/h5,8-15,19,23,26H,2,4,6-7,16-18H2,1,3H3. The molecule has 0 aliphatic carbocycles. The van der Waals surface area contributed by atoms with E-state index in [2.05, 4.69) is 56.8 Å². The van der Waals surface area contributed by atoms with E-state index in [1.807, 2.05) is 12.1 Å². The summed E-state index contributed by atoms with van der Waals surface area (Å²) >= 11 is 0. The topological polar surface area (TPSA) is 55.8 Å². The molecule has 0 aliphatic heterocycles. The number of ether oxygens (including phenoxy) is 2. The Morgan fingerprint density at radius 1 is 1.10 bits per heavy atom. The molecule has 2 aromatic carbocycles. The molecule has 0 saturated carbocycles. The molecule has 2 atom stereocenters. The molecule has 2 rings (SSSR count). The predicted molar refractivity (Wildman–Crippen MR) is 117 cm³/mol. The number of aliphatic hydroxyl groups is 1. The molecule has 2 unspecified atom stereocenters. The Balaban J connectivity index is 1.75. The van der Waals surface area contributed by atoms with E-state index in [0.717, 1.165) is 23.8 Å². The third-order valence-corrected chi connectivity index (χ3v) is 4.96. The van der Waals surface area contributed by atoms with Crippen molar-refractivity contribution in [3.63, 3.8) is 0 Å². The van der Waals surface area contributed by atoms with E-state index >= 15 is 0 Å². The third kappa shape index (κ3) is 8.12. The second-order valence-electron chi connectivity index (χ2n) is 7.42. The average Bonchev–Trinajstić information content (AvgIpc) is 2.76. The minimum atomic E-state index is -0.687. The highest BCUT2D eigenvalue weighted by atomic mass is 16.5. The fourth-order valence-electron chi connectivity index (χ4n) is 2.95. The lowest BCUT2D eigenvalue weighted by Gasteiger charge is -2.12. The van der Waals surface area contributed by atoms with Crippen LogP contribution in [0.5, 0.6) is 5.75 Å². The lowest BCUT2D eigenvalue weighted by atomic mass is 9.97. The van der Waals surface area contributed by atoms with E-state index in [9.17, 15) is 9.90 Å². The van der Waals surface area contributed by atoms with Crippen LogP contribution < -0.4 is 4.74 Å². The van der Waals surface area contributed by atoms with Crippen LogP contribution in [0.3, 0.4) is 0 Å². The third-order valence-electron chi connectivity index (χ3n) is 4.96. The Morgan fingerprint density at radius 2 is 1.72 bits per heavy atom. The first-order valence-electron chi connectivity index (χ1n) is 10.3. The number of rotatable bonds is 12. The Kier molecular flexibility index (Phi) is 9.45. The summed E-state index contributed by atoms with van der Waals surface area (Å²) in [5.41, 5.74) is 3.73. The van der Waals surface area contributed by atoms with E-state index in [-0.39, 0.29) is 6.61 Å². The second-order valence-corrected chi connectivity index (χ2v) is 7.42. The fraction of sp³-hybridized carbons (Fsp3) is 0.400. The molecule has 0 amide bonds.